The molecule has 4 nitrogen and oxygen atoms in total. The van der Waals surface area contributed by atoms with E-state index in [0.29, 0.717) is 12.3 Å². The van der Waals surface area contributed by atoms with E-state index in [1.807, 2.05) is 31.2 Å². The highest BCUT2D eigenvalue weighted by Crippen LogP contribution is 2.24. The van der Waals surface area contributed by atoms with Gasteiger partial charge in [0, 0.05) is 12.6 Å². The van der Waals surface area contributed by atoms with Crippen molar-refractivity contribution in [3.63, 3.8) is 0 Å². The molecule has 0 aliphatic rings. The summed E-state index contributed by atoms with van der Waals surface area (Å²) in [5.74, 6) is 0.543. The minimum atomic E-state index is -0.155. The van der Waals surface area contributed by atoms with Crippen LogP contribution in [0.1, 0.15) is 33.3 Å². The summed E-state index contributed by atoms with van der Waals surface area (Å²) in [7, 11) is 0. The van der Waals surface area contributed by atoms with Crippen LogP contribution in [0.3, 0.4) is 0 Å². The van der Waals surface area contributed by atoms with Crippen LogP contribution in [0, 0.1) is 0 Å². The van der Waals surface area contributed by atoms with Crippen LogP contribution in [0.25, 0.3) is 0 Å². The molecule has 1 unspecified atom stereocenters. The van der Waals surface area contributed by atoms with Gasteiger partial charge in [-0.25, -0.2) is 0 Å². The number of amides is 1. The molecule has 0 spiro atoms. The van der Waals surface area contributed by atoms with Crippen LogP contribution in [0.2, 0.25) is 0 Å². The van der Waals surface area contributed by atoms with Gasteiger partial charge in [0.25, 0.3) is 5.91 Å². The highest BCUT2D eigenvalue weighted by molar-refractivity contribution is 5.77. The number of hydrogen-bond donors (Lipinski definition) is 2. The number of ether oxygens (including phenoxy) is 1. The van der Waals surface area contributed by atoms with Crippen LogP contribution >= 0.6 is 0 Å². The van der Waals surface area contributed by atoms with Crippen LogP contribution in [0.5, 0.6) is 5.75 Å². The van der Waals surface area contributed by atoms with E-state index < -0.39 is 0 Å². The van der Waals surface area contributed by atoms with Crippen LogP contribution in [-0.4, -0.2) is 25.1 Å². The van der Waals surface area contributed by atoms with Gasteiger partial charge >= 0.3 is 0 Å². The zero-order valence-corrected chi connectivity index (χ0v) is 12.2. The molecule has 1 rings (SSSR count). The normalized spacial score (nSPS) is 12.9. The highest BCUT2D eigenvalue weighted by atomic mass is 16.5. The molecule has 0 bridgehead atoms. The van der Waals surface area contributed by atoms with Gasteiger partial charge in [-0.05, 0) is 30.0 Å². The third-order valence-electron chi connectivity index (χ3n) is 2.85. The summed E-state index contributed by atoms with van der Waals surface area (Å²) in [6.45, 7) is 8.76. The van der Waals surface area contributed by atoms with Crippen molar-refractivity contribution >= 4 is 5.91 Å². The molecular formula is C15H24N2O2. The SMILES string of the molecule is CC(CN)NC(=O)COc1ccc(C(C)(C)C)cc1. The van der Waals surface area contributed by atoms with Crippen molar-refractivity contribution in [2.75, 3.05) is 13.2 Å². The molecule has 0 fully saturated rings. The lowest BCUT2D eigenvalue weighted by Crippen LogP contribution is -2.40. The predicted molar refractivity (Wildman–Crippen MR) is 77.3 cm³/mol. The zero-order valence-electron chi connectivity index (χ0n) is 12.2. The molecule has 0 saturated carbocycles. The number of nitrogens with two attached hydrogens (primary N) is 1. The molecule has 1 aromatic carbocycles. The van der Waals surface area contributed by atoms with E-state index in [1.165, 1.54) is 5.56 Å². The van der Waals surface area contributed by atoms with Gasteiger partial charge in [-0.3, -0.25) is 4.79 Å². The number of carbonyl (C=O) groups is 1. The largest absolute Gasteiger partial charge is 0.484 e. The number of hydrogen-bond acceptors (Lipinski definition) is 3. The van der Waals surface area contributed by atoms with Gasteiger partial charge in [0.15, 0.2) is 6.61 Å². The molecule has 0 radical (unpaired) electrons. The van der Waals surface area contributed by atoms with Gasteiger partial charge in [-0.2, -0.15) is 0 Å². The lowest BCUT2D eigenvalue weighted by Gasteiger charge is -2.19. The third kappa shape index (κ3) is 5.30. The molecule has 1 aromatic rings. The van der Waals surface area contributed by atoms with E-state index in [2.05, 4.69) is 26.1 Å². The summed E-state index contributed by atoms with van der Waals surface area (Å²) >= 11 is 0. The van der Waals surface area contributed by atoms with Crippen molar-refractivity contribution in [3.8, 4) is 5.75 Å². The van der Waals surface area contributed by atoms with Gasteiger partial charge in [-0.1, -0.05) is 32.9 Å². The van der Waals surface area contributed by atoms with E-state index in [-0.39, 0.29) is 24.0 Å². The summed E-state index contributed by atoms with van der Waals surface area (Å²) in [6, 6.07) is 7.80. The maximum absolute atomic E-state index is 11.5. The Balaban J connectivity index is 2.48. The fourth-order valence-electron chi connectivity index (χ4n) is 1.58. The van der Waals surface area contributed by atoms with Gasteiger partial charge in [-0.15, -0.1) is 0 Å². The summed E-state index contributed by atoms with van der Waals surface area (Å²) in [4.78, 5) is 11.5. The minimum absolute atomic E-state index is 0.0131. The van der Waals surface area contributed by atoms with E-state index in [1.54, 1.807) is 0 Å². The van der Waals surface area contributed by atoms with E-state index >= 15 is 0 Å². The Hall–Kier alpha value is -1.55. The van der Waals surface area contributed by atoms with Crippen LogP contribution in [-0.2, 0) is 10.2 Å². The Kier molecular flexibility index (Phi) is 5.36. The monoisotopic (exact) mass is 264 g/mol. The molecule has 0 saturated heterocycles. The van der Waals surface area contributed by atoms with Crippen molar-refractivity contribution in [3.05, 3.63) is 29.8 Å². The average Bonchev–Trinajstić information content (AvgIpc) is 2.35. The molecule has 1 atom stereocenters. The second-order valence-electron chi connectivity index (χ2n) is 5.77. The standard InChI is InChI=1S/C15H24N2O2/c1-11(9-16)17-14(18)10-19-13-7-5-12(6-8-13)15(2,3)4/h5-8,11H,9-10,16H2,1-4H3,(H,17,18). The Labute approximate surface area is 115 Å². The second-order valence-corrected chi connectivity index (χ2v) is 5.77. The number of carbonyl (C=O) groups excluding carboxylic acids is 1. The molecule has 4 heteroatoms. The van der Waals surface area contributed by atoms with Crippen LogP contribution in [0.15, 0.2) is 24.3 Å². The van der Waals surface area contributed by atoms with Gasteiger partial charge < -0.3 is 15.8 Å². The van der Waals surface area contributed by atoms with E-state index in [9.17, 15) is 4.79 Å². The van der Waals surface area contributed by atoms with E-state index in [0.717, 1.165) is 0 Å². The van der Waals surface area contributed by atoms with Gasteiger partial charge in [0.2, 0.25) is 0 Å². The smallest absolute Gasteiger partial charge is 0.258 e. The average molecular weight is 264 g/mol. The second kappa shape index (κ2) is 6.57. The Bertz CT molecular complexity index is 407. The minimum Gasteiger partial charge on any atom is -0.484 e. The van der Waals surface area contributed by atoms with Crippen molar-refractivity contribution in [1.29, 1.82) is 0 Å². The molecule has 0 heterocycles. The maximum atomic E-state index is 11.5. The molecule has 0 aromatic heterocycles. The molecule has 0 aliphatic heterocycles. The van der Waals surface area contributed by atoms with Crippen molar-refractivity contribution < 1.29 is 9.53 Å². The first-order valence-corrected chi connectivity index (χ1v) is 6.55. The molecule has 0 aliphatic carbocycles. The predicted octanol–water partition coefficient (Wildman–Crippen LogP) is 1.83. The first kappa shape index (κ1) is 15.5. The lowest BCUT2D eigenvalue weighted by atomic mass is 9.87. The van der Waals surface area contributed by atoms with E-state index in [4.69, 9.17) is 10.5 Å². The lowest BCUT2D eigenvalue weighted by molar-refractivity contribution is -0.123. The van der Waals surface area contributed by atoms with Crippen molar-refractivity contribution in [2.45, 2.75) is 39.2 Å². The highest BCUT2D eigenvalue weighted by Gasteiger charge is 2.13. The topological polar surface area (TPSA) is 64.3 Å². The summed E-state index contributed by atoms with van der Waals surface area (Å²) < 4.78 is 5.43. The molecule has 106 valence electrons. The Morgan fingerprint density at radius 1 is 1.32 bits per heavy atom. The molecular weight excluding hydrogens is 240 g/mol. The third-order valence-corrected chi connectivity index (χ3v) is 2.85. The van der Waals surface area contributed by atoms with Crippen LogP contribution in [0.4, 0.5) is 0 Å². The Morgan fingerprint density at radius 2 is 1.89 bits per heavy atom. The zero-order chi connectivity index (χ0) is 14.5. The fourth-order valence-corrected chi connectivity index (χ4v) is 1.58. The quantitative estimate of drug-likeness (QED) is 0.852. The molecule has 1 amide bonds. The summed E-state index contributed by atoms with van der Waals surface area (Å²) in [5.41, 5.74) is 6.78. The van der Waals surface area contributed by atoms with Crippen molar-refractivity contribution in [2.24, 2.45) is 5.73 Å². The van der Waals surface area contributed by atoms with Gasteiger partial charge in [0.1, 0.15) is 5.75 Å². The molecule has 19 heavy (non-hydrogen) atoms. The molecule has 3 N–H and O–H groups in total. The van der Waals surface area contributed by atoms with Crippen LogP contribution < -0.4 is 15.8 Å². The number of benzene rings is 1. The summed E-state index contributed by atoms with van der Waals surface area (Å²) in [6.07, 6.45) is 0. The number of rotatable bonds is 5. The van der Waals surface area contributed by atoms with Gasteiger partial charge in [0.05, 0.1) is 0 Å². The fraction of sp³-hybridized carbons (Fsp3) is 0.533. The Morgan fingerprint density at radius 3 is 2.37 bits per heavy atom. The first-order valence-electron chi connectivity index (χ1n) is 6.55. The van der Waals surface area contributed by atoms with Crippen molar-refractivity contribution in [1.82, 2.24) is 5.32 Å². The summed E-state index contributed by atoms with van der Waals surface area (Å²) in [5, 5.41) is 2.75. The first-order chi connectivity index (χ1) is 8.82. The number of nitrogens with one attached hydrogen (secondary N) is 1. The maximum Gasteiger partial charge on any atom is 0.258 e.